The lowest BCUT2D eigenvalue weighted by Crippen LogP contribution is -2.37. The summed E-state index contributed by atoms with van der Waals surface area (Å²) in [7, 11) is 5.57. The number of hydrogen-bond donors (Lipinski definition) is 2. The number of nitrogens with one attached hydrogen (secondary N) is 1. The van der Waals surface area contributed by atoms with Crippen molar-refractivity contribution in [2.24, 2.45) is 5.73 Å². The van der Waals surface area contributed by atoms with Gasteiger partial charge in [-0.2, -0.15) is 0 Å². The van der Waals surface area contributed by atoms with Gasteiger partial charge in [0.25, 0.3) is 0 Å². The smallest absolute Gasteiger partial charge is 0.222 e. The van der Waals surface area contributed by atoms with Gasteiger partial charge in [0.05, 0.1) is 18.6 Å². The largest absolute Gasteiger partial charge is 0.380 e. The van der Waals surface area contributed by atoms with Gasteiger partial charge in [-0.05, 0) is 19.7 Å². The van der Waals surface area contributed by atoms with E-state index in [-0.39, 0.29) is 42.9 Å². The number of carbonyl (C=O) groups is 1. The van der Waals surface area contributed by atoms with Gasteiger partial charge in [0, 0.05) is 20.2 Å². The quantitative estimate of drug-likeness (QED) is 0.746. The van der Waals surface area contributed by atoms with Crippen LogP contribution in [0, 0.1) is 0 Å². The molecule has 0 heterocycles. The first-order valence-electron chi connectivity index (χ1n) is 6.79. The predicted octanol–water partition coefficient (Wildman–Crippen LogP) is 1.61. The maximum absolute atomic E-state index is 11.9. The topological polar surface area (TPSA) is 67.6 Å². The number of methoxy groups -OCH3 is 1. The van der Waals surface area contributed by atoms with Gasteiger partial charge in [0.2, 0.25) is 5.91 Å². The first-order chi connectivity index (χ1) is 9.58. The van der Waals surface area contributed by atoms with Crippen molar-refractivity contribution in [2.75, 3.05) is 34.3 Å². The van der Waals surface area contributed by atoms with Gasteiger partial charge in [-0.1, -0.05) is 30.3 Å². The van der Waals surface area contributed by atoms with Crippen LogP contribution in [0.15, 0.2) is 30.3 Å². The normalized spacial score (nSPS) is 12.8. The van der Waals surface area contributed by atoms with Crippen LogP contribution in [0.5, 0.6) is 0 Å². The minimum absolute atomic E-state index is 0. The summed E-state index contributed by atoms with van der Waals surface area (Å²) in [5.74, 6) is -0.0370. The van der Waals surface area contributed by atoms with Crippen LogP contribution in [-0.4, -0.2) is 51.2 Å². The van der Waals surface area contributed by atoms with Crippen molar-refractivity contribution in [1.29, 1.82) is 0 Å². The highest BCUT2D eigenvalue weighted by Gasteiger charge is 2.16. The van der Waals surface area contributed by atoms with Gasteiger partial charge in [0.15, 0.2) is 0 Å². The van der Waals surface area contributed by atoms with Gasteiger partial charge in [-0.25, -0.2) is 0 Å². The van der Waals surface area contributed by atoms with E-state index >= 15 is 0 Å². The molecular formula is C15H27Cl2N3O2. The number of carbonyl (C=O) groups excluding carboxylic acids is 1. The maximum Gasteiger partial charge on any atom is 0.222 e. The minimum atomic E-state index is -0.218. The molecule has 0 aliphatic heterocycles. The minimum Gasteiger partial charge on any atom is -0.380 e. The second kappa shape index (κ2) is 12.7. The average molecular weight is 352 g/mol. The third-order valence-corrected chi connectivity index (χ3v) is 3.31. The second-order valence-corrected chi connectivity index (χ2v) is 4.99. The zero-order valence-electron chi connectivity index (χ0n) is 13.3. The second-order valence-electron chi connectivity index (χ2n) is 4.99. The van der Waals surface area contributed by atoms with Crippen molar-refractivity contribution in [2.45, 2.75) is 18.6 Å². The molecule has 0 bridgehead atoms. The molecule has 1 amide bonds. The highest BCUT2D eigenvalue weighted by atomic mass is 35.5. The van der Waals surface area contributed by atoms with E-state index in [9.17, 15) is 4.79 Å². The Hall–Kier alpha value is -0.850. The standard InChI is InChI=1S/C15H25N3O2.2ClH/c1-18(2)14(12-7-5-4-6-8-12)11-17-15(19)9-13(10-16)20-3;;/h4-8,13-14H,9-11,16H2,1-3H3,(H,17,19);2*1H. The molecule has 7 heteroatoms. The van der Waals surface area contributed by atoms with Crippen LogP contribution in [0.1, 0.15) is 18.0 Å². The predicted molar refractivity (Wildman–Crippen MR) is 94.8 cm³/mol. The summed E-state index contributed by atoms with van der Waals surface area (Å²) in [5.41, 5.74) is 6.69. The highest BCUT2D eigenvalue weighted by molar-refractivity contribution is 5.85. The molecule has 22 heavy (non-hydrogen) atoms. The molecule has 2 unspecified atom stereocenters. The maximum atomic E-state index is 11.9. The average Bonchev–Trinajstić information content (AvgIpc) is 2.45. The van der Waals surface area contributed by atoms with Gasteiger partial charge in [0.1, 0.15) is 0 Å². The molecule has 0 aliphatic rings. The number of amides is 1. The van der Waals surface area contributed by atoms with E-state index in [1.807, 2.05) is 32.3 Å². The lowest BCUT2D eigenvalue weighted by Gasteiger charge is -2.25. The number of benzene rings is 1. The zero-order chi connectivity index (χ0) is 15.0. The van der Waals surface area contributed by atoms with Crippen LogP contribution in [-0.2, 0) is 9.53 Å². The third-order valence-electron chi connectivity index (χ3n) is 3.31. The number of hydrogen-bond acceptors (Lipinski definition) is 4. The van der Waals surface area contributed by atoms with Gasteiger partial charge in [-0.3, -0.25) is 4.79 Å². The molecule has 3 N–H and O–H groups in total. The molecule has 5 nitrogen and oxygen atoms in total. The molecule has 1 aromatic rings. The Labute approximate surface area is 145 Å². The Morgan fingerprint density at radius 1 is 1.27 bits per heavy atom. The summed E-state index contributed by atoms with van der Waals surface area (Å²) in [4.78, 5) is 14.0. The highest BCUT2D eigenvalue weighted by Crippen LogP contribution is 2.16. The van der Waals surface area contributed by atoms with Crippen LogP contribution in [0.3, 0.4) is 0 Å². The SMILES string of the molecule is COC(CN)CC(=O)NCC(c1ccccc1)N(C)C.Cl.Cl. The first kappa shape index (κ1) is 23.4. The van der Waals surface area contributed by atoms with E-state index in [1.165, 1.54) is 5.56 Å². The number of ether oxygens (including phenoxy) is 1. The third kappa shape index (κ3) is 7.96. The van der Waals surface area contributed by atoms with Crippen LogP contribution in [0.25, 0.3) is 0 Å². The summed E-state index contributed by atoms with van der Waals surface area (Å²) in [6.07, 6.45) is 0.0756. The molecule has 0 spiro atoms. The molecule has 0 aliphatic carbocycles. The summed E-state index contributed by atoms with van der Waals surface area (Å²) in [6, 6.07) is 10.3. The van der Waals surface area contributed by atoms with E-state index in [0.717, 1.165) is 0 Å². The van der Waals surface area contributed by atoms with E-state index < -0.39 is 0 Å². The van der Waals surface area contributed by atoms with Crippen molar-refractivity contribution in [1.82, 2.24) is 10.2 Å². The Bertz CT molecular complexity index is 401. The molecule has 1 aromatic carbocycles. The fraction of sp³-hybridized carbons (Fsp3) is 0.533. The number of halogens is 2. The van der Waals surface area contributed by atoms with Crippen molar-refractivity contribution in [3.05, 3.63) is 35.9 Å². The number of likely N-dealkylation sites (N-methyl/N-ethyl adjacent to an activating group) is 1. The number of nitrogens with zero attached hydrogens (tertiary/aromatic N) is 1. The zero-order valence-corrected chi connectivity index (χ0v) is 15.0. The fourth-order valence-electron chi connectivity index (χ4n) is 2.03. The van der Waals surface area contributed by atoms with Crippen LogP contribution in [0.2, 0.25) is 0 Å². The Kier molecular flexibility index (Phi) is 13.5. The number of nitrogens with two attached hydrogens (primary N) is 1. The summed E-state index contributed by atoms with van der Waals surface area (Å²) in [5, 5.41) is 2.95. The molecule has 0 saturated heterocycles. The fourth-order valence-corrected chi connectivity index (χ4v) is 2.03. The molecule has 0 fully saturated rings. The summed E-state index contributed by atoms with van der Waals surface area (Å²) < 4.78 is 5.11. The molecule has 0 aromatic heterocycles. The molecular weight excluding hydrogens is 325 g/mol. The van der Waals surface area contributed by atoms with Crippen LogP contribution < -0.4 is 11.1 Å². The first-order valence-corrected chi connectivity index (χ1v) is 6.79. The van der Waals surface area contributed by atoms with E-state index in [4.69, 9.17) is 10.5 Å². The summed E-state index contributed by atoms with van der Waals surface area (Å²) >= 11 is 0. The Balaban J connectivity index is 0. The van der Waals surface area contributed by atoms with E-state index in [2.05, 4.69) is 22.3 Å². The van der Waals surface area contributed by atoms with Gasteiger partial charge in [-0.15, -0.1) is 24.8 Å². The van der Waals surface area contributed by atoms with E-state index in [1.54, 1.807) is 7.11 Å². The van der Waals surface area contributed by atoms with Crippen molar-refractivity contribution >= 4 is 30.7 Å². The number of rotatable bonds is 8. The van der Waals surface area contributed by atoms with Crippen molar-refractivity contribution < 1.29 is 9.53 Å². The lowest BCUT2D eigenvalue weighted by molar-refractivity contribution is -0.123. The van der Waals surface area contributed by atoms with Crippen molar-refractivity contribution in [3.63, 3.8) is 0 Å². The van der Waals surface area contributed by atoms with Crippen molar-refractivity contribution in [3.8, 4) is 0 Å². The van der Waals surface area contributed by atoms with Crippen LogP contribution in [0.4, 0.5) is 0 Å². The van der Waals surface area contributed by atoms with Crippen LogP contribution >= 0.6 is 24.8 Å². The van der Waals surface area contributed by atoms with E-state index in [0.29, 0.717) is 19.5 Å². The molecule has 128 valence electrons. The lowest BCUT2D eigenvalue weighted by atomic mass is 10.1. The molecule has 2 atom stereocenters. The summed E-state index contributed by atoms with van der Waals surface area (Å²) in [6.45, 7) is 0.913. The molecule has 0 radical (unpaired) electrons. The van der Waals surface area contributed by atoms with Gasteiger partial charge >= 0.3 is 0 Å². The monoisotopic (exact) mass is 351 g/mol. The Morgan fingerprint density at radius 2 is 1.86 bits per heavy atom. The van der Waals surface area contributed by atoms with Gasteiger partial charge < -0.3 is 20.7 Å². The molecule has 0 saturated carbocycles. The Morgan fingerprint density at radius 3 is 2.32 bits per heavy atom. The molecule has 1 rings (SSSR count).